The Balaban J connectivity index is 2.86. The lowest BCUT2D eigenvalue weighted by Gasteiger charge is -2.12. The van der Waals surface area contributed by atoms with Gasteiger partial charge in [0.2, 0.25) is 5.91 Å². The van der Waals surface area contributed by atoms with Gasteiger partial charge in [-0.05, 0) is 18.2 Å². The van der Waals surface area contributed by atoms with Crippen molar-refractivity contribution in [1.29, 1.82) is 0 Å². The van der Waals surface area contributed by atoms with Gasteiger partial charge in [0.05, 0.1) is 30.7 Å². The van der Waals surface area contributed by atoms with Gasteiger partial charge in [-0.2, -0.15) is 0 Å². The first-order valence-electron chi connectivity index (χ1n) is 5.14. The molecule has 98 valence electrons. The summed E-state index contributed by atoms with van der Waals surface area (Å²) in [5.41, 5.74) is 11.8. The normalized spacial score (nSPS) is 11.7. The van der Waals surface area contributed by atoms with Gasteiger partial charge in [0.25, 0.3) is 0 Å². The number of hydrogen-bond acceptors (Lipinski definition) is 6. The van der Waals surface area contributed by atoms with E-state index in [2.05, 4.69) is 10.1 Å². The van der Waals surface area contributed by atoms with Crippen LogP contribution in [-0.4, -0.2) is 36.7 Å². The molecule has 0 saturated heterocycles. The zero-order valence-corrected chi connectivity index (χ0v) is 9.84. The van der Waals surface area contributed by atoms with Gasteiger partial charge in [-0.25, -0.2) is 4.79 Å². The topological polar surface area (TPSA) is 128 Å². The maximum absolute atomic E-state index is 11.4. The Hall–Kier alpha value is -2.12. The summed E-state index contributed by atoms with van der Waals surface area (Å²) in [4.78, 5) is 22.7. The Labute approximate surface area is 104 Å². The highest BCUT2D eigenvalue weighted by molar-refractivity contribution is 5.99. The van der Waals surface area contributed by atoms with E-state index < -0.39 is 24.5 Å². The van der Waals surface area contributed by atoms with Gasteiger partial charge in [0, 0.05) is 0 Å². The summed E-state index contributed by atoms with van der Waals surface area (Å²) in [7, 11) is 1.26. The minimum atomic E-state index is -1.02. The first-order valence-corrected chi connectivity index (χ1v) is 5.14. The van der Waals surface area contributed by atoms with E-state index >= 15 is 0 Å². The molecule has 0 spiro atoms. The molecular weight excluding hydrogens is 238 g/mol. The number of methoxy groups -OCH3 is 1. The average Bonchev–Trinajstić information content (AvgIpc) is 2.38. The smallest absolute Gasteiger partial charge is 0.337 e. The number of carbonyl (C=O) groups excluding carboxylic acids is 2. The van der Waals surface area contributed by atoms with Crippen molar-refractivity contribution in [3.8, 4) is 0 Å². The molecule has 1 aromatic carbocycles. The first kappa shape index (κ1) is 13.9. The van der Waals surface area contributed by atoms with Crippen molar-refractivity contribution in [1.82, 2.24) is 0 Å². The molecule has 18 heavy (non-hydrogen) atoms. The van der Waals surface area contributed by atoms with Crippen molar-refractivity contribution in [3.05, 3.63) is 23.8 Å². The second-order valence-corrected chi connectivity index (χ2v) is 3.57. The van der Waals surface area contributed by atoms with Crippen molar-refractivity contribution in [2.45, 2.75) is 6.04 Å². The Morgan fingerprint density at radius 1 is 1.50 bits per heavy atom. The number of nitrogens with two attached hydrogens (primary N) is 2. The van der Waals surface area contributed by atoms with E-state index in [1.54, 1.807) is 0 Å². The fourth-order valence-electron chi connectivity index (χ4n) is 1.23. The average molecular weight is 253 g/mol. The Kier molecular flexibility index (Phi) is 4.64. The molecule has 0 heterocycles. The lowest BCUT2D eigenvalue weighted by molar-refractivity contribution is -0.118. The SMILES string of the molecule is COC(=O)c1ccc(NC(=O)C(N)CO)c(N)c1. The van der Waals surface area contributed by atoms with Gasteiger partial charge < -0.3 is 26.6 Å². The minimum absolute atomic E-state index is 0.205. The summed E-state index contributed by atoms with van der Waals surface area (Å²) in [6.45, 7) is -0.466. The molecule has 0 aromatic heterocycles. The lowest BCUT2D eigenvalue weighted by atomic mass is 10.1. The highest BCUT2D eigenvalue weighted by Crippen LogP contribution is 2.20. The van der Waals surface area contributed by atoms with Gasteiger partial charge >= 0.3 is 5.97 Å². The maximum atomic E-state index is 11.4. The van der Waals surface area contributed by atoms with Crippen LogP contribution in [0.2, 0.25) is 0 Å². The molecule has 0 aliphatic rings. The van der Waals surface area contributed by atoms with Crippen LogP contribution in [0.5, 0.6) is 0 Å². The minimum Gasteiger partial charge on any atom is -0.465 e. The summed E-state index contributed by atoms with van der Waals surface area (Å²) < 4.78 is 4.53. The maximum Gasteiger partial charge on any atom is 0.337 e. The number of benzene rings is 1. The van der Waals surface area contributed by atoms with Gasteiger partial charge in [0.1, 0.15) is 6.04 Å². The van der Waals surface area contributed by atoms with Crippen molar-refractivity contribution < 1.29 is 19.4 Å². The molecule has 1 amide bonds. The molecule has 0 aliphatic heterocycles. The molecule has 1 aromatic rings. The van der Waals surface area contributed by atoms with Crippen LogP contribution in [0.1, 0.15) is 10.4 Å². The quantitative estimate of drug-likeness (QED) is 0.415. The van der Waals surface area contributed by atoms with E-state index in [1.807, 2.05) is 0 Å². The third kappa shape index (κ3) is 3.19. The summed E-state index contributed by atoms with van der Waals surface area (Å²) in [5, 5.41) is 11.2. The van der Waals surface area contributed by atoms with Crippen LogP contribution < -0.4 is 16.8 Å². The highest BCUT2D eigenvalue weighted by atomic mass is 16.5. The third-order valence-corrected chi connectivity index (χ3v) is 2.26. The van der Waals surface area contributed by atoms with Crippen molar-refractivity contribution in [2.24, 2.45) is 5.73 Å². The third-order valence-electron chi connectivity index (χ3n) is 2.26. The standard InChI is InChI=1S/C11H15N3O4/c1-18-11(17)6-2-3-9(7(12)4-6)14-10(16)8(13)5-15/h2-4,8,15H,5,12-13H2,1H3,(H,14,16). The van der Waals surface area contributed by atoms with Crippen LogP contribution in [0.4, 0.5) is 11.4 Å². The number of nitrogens with one attached hydrogen (secondary N) is 1. The van der Waals surface area contributed by atoms with Crippen LogP contribution in [0, 0.1) is 0 Å². The zero-order valence-electron chi connectivity index (χ0n) is 9.84. The molecule has 0 bridgehead atoms. The van der Waals surface area contributed by atoms with E-state index in [0.717, 1.165) is 0 Å². The second-order valence-electron chi connectivity index (χ2n) is 3.57. The predicted molar refractivity (Wildman–Crippen MR) is 65.9 cm³/mol. The number of anilines is 2. The number of aliphatic hydroxyl groups is 1. The molecule has 1 atom stereocenters. The second kappa shape index (κ2) is 5.99. The molecule has 0 fully saturated rings. The number of hydrogen-bond donors (Lipinski definition) is 4. The molecule has 1 unspecified atom stereocenters. The summed E-state index contributed by atoms with van der Waals surface area (Å²) in [6, 6.07) is 3.28. The fraction of sp³-hybridized carbons (Fsp3) is 0.273. The Morgan fingerprint density at radius 3 is 2.67 bits per heavy atom. The number of ether oxygens (including phenoxy) is 1. The number of carbonyl (C=O) groups is 2. The van der Waals surface area contributed by atoms with E-state index in [4.69, 9.17) is 16.6 Å². The molecule has 7 heteroatoms. The highest BCUT2D eigenvalue weighted by Gasteiger charge is 2.14. The van der Waals surface area contributed by atoms with E-state index in [1.165, 1.54) is 25.3 Å². The van der Waals surface area contributed by atoms with Gasteiger partial charge in [-0.1, -0.05) is 0 Å². The van der Waals surface area contributed by atoms with Crippen molar-refractivity contribution in [3.63, 3.8) is 0 Å². The van der Waals surface area contributed by atoms with E-state index in [9.17, 15) is 9.59 Å². The largest absolute Gasteiger partial charge is 0.465 e. The van der Waals surface area contributed by atoms with E-state index in [0.29, 0.717) is 5.69 Å². The lowest BCUT2D eigenvalue weighted by Crippen LogP contribution is -2.38. The molecule has 0 aliphatic carbocycles. The first-order chi connectivity index (χ1) is 8.49. The zero-order chi connectivity index (χ0) is 13.7. The number of aliphatic hydroxyl groups excluding tert-OH is 1. The molecule has 0 saturated carbocycles. The van der Waals surface area contributed by atoms with Crippen LogP contribution in [-0.2, 0) is 9.53 Å². The van der Waals surface area contributed by atoms with Crippen molar-refractivity contribution in [2.75, 3.05) is 24.8 Å². The van der Waals surface area contributed by atoms with Gasteiger partial charge in [-0.15, -0.1) is 0 Å². The Morgan fingerprint density at radius 2 is 2.17 bits per heavy atom. The van der Waals surface area contributed by atoms with E-state index in [-0.39, 0.29) is 11.3 Å². The summed E-state index contributed by atoms with van der Waals surface area (Å²) in [6.07, 6.45) is 0. The fourth-order valence-corrected chi connectivity index (χ4v) is 1.23. The van der Waals surface area contributed by atoms with Gasteiger partial charge in [0.15, 0.2) is 0 Å². The molecular formula is C11H15N3O4. The van der Waals surface area contributed by atoms with Crippen LogP contribution >= 0.6 is 0 Å². The van der Waals surface area contributed by atoms with Crippen molar-refractivity contribution >= 4 is 23.3 Å². The number of amides is 1. The van der Waals surface area contributed by atoms with Crippen LogP contribution in [0.15, 0.2) is 18.2 Å². The van der Waals surface area contributed by atoms with Crippen LogP contribution in [0.25, 0.3) is 0 Å². The van der Waals surface area contributed by atoms with Gasteiger partial charge in [-0.3, -0.25) is 4.79 Å². The molecule has 0 radical (unpaired) electrons. The predicted octanol–water partition coefficient (Wildman–Crippen LogP) is -0.686. The number of esters is 1. The Bertz CT molecular complexity index is 462. The molecule has 6 N–H and O–H groups in total. The molecule has 1 rings (SSSR count). The van der Waals surface area contributed by atoms with Crippen LogP contribution in [0.3, 0.4) is 0 Å². The monoisotopic (exact) mass is 253 g/mol. The molecule has 7 nitrogen and oxygen atoms in total. The number of rotatable bonds is 4. The summed E-state index contributed by atoms with van der Waals surface area (Å²) in [5.74, 6) is -1.08. The summed E-state index contributed by atoms with van der Waals surface area (Å²) >= 11 is 0. The number of nitrogen functional groups attached to an aromatic ring is 1.